The van der Waals surface area contributed by atoms with Crippen LogP contribution in [0.4, 0.5) is 0 Å². The van der Waals surface area contributed by atoms with Crippen molar-refractivity contribution in [3.63, 3.8) is 0 Å². The molecule has 0 aliphatic heterocycles. The van der Waals surface area contributed by atoms with Gasteiger partial charge in [0.15, 0.2) is 6.61 Å². The maximum absolute atomic E-state index is 12.0. The summed E-state index contributed by atoms with van der Waals surface area (Å²) in [6.45, 7) is 4.50. The van der Waals surface area contributed by atoms with Crippen molar-refractivity contribution >= 4 is 5.91 Å². The first kappa shape index (κ1) is 16.8. The van der Waals surface area contributed by atoms with E-state index in [0.717, 1.165) is 28.1 Å². The van der Waals surface area contributed by atoms with Crippen LogP contribution in [0.2, 0.25) is 0 Å². The lowest BCUT2D eigenvalue weighted by molar-refractivity contribution is -0.123. The highest BCUT2D eigenvalue weighted by Crippen LogP contribution is 2.16. The van der Waals surface area contributed by atoms with Gasteiger partial charge in [0.2, 0.25) is 0 Å². The molecule has 0 saturated heterocycles. The minimum atomic E-state index is -0.141. The van der Waals surface area contributed by atoms with Crippen molar-refractivity contribution in [1.82, 2.24) is 14.9 Å². The summed E-state index contributed by atoms with van der Waals surface area (Å²) in [6, 6.07) is 13.9. The van der Waals surface area contributed by atoms with Crippen molar-refractivity contribution in [3.05, 3.63) is 77.9 Å². The number of benzene rings is 2. The number of hydrogen-bond acceptors (Lipinski definition) is 3. The first-order valence-corrected chi connectivity index (χ1v) is 8.15. The molecule has 128 valence electrons. The number of amides is 1. The van der Waals surface area contributed by atoms with Crippen molar-refractivity contribution in [1.29, 1.82) is 0 Å². The molecule has 5 nitrogen and oxygen atoms in total. The van der Waals surface area contributed by atoms with Crippen LogP contribution in [0.25, 0.3) is 5.69 Å². The normalized spacial score (nSPS) is 10.5. The molecule has 2 aromatic carbocycles. The summed E-state index contributed by atoms with van der Waals surface area (Å²) in [5.74, 6) is 0.579. The molecule has 0 aliphatic rings. The zero-order valence-electron chi connectivity index (χ0n) is 14.4. The third-order valence-corrected chi connectivity index (χ3v) is 3.79. The van der Waals surface area contributed by atoms with Gasteiger partial charge >= 0.3 is 0 Å². The predicted octanol–water partition coefficient (Wildman–Crippen LogP) is 3.18. The molecule has 1 N–H and O–H groups in total. The number of ether oxygens (including phenoxy) is 1. The van der Waals surface area contributed by atoms with E-state index in [4.69, 9.17) is 4.74 Å². The molecule has 0 aliphatic carbocycles. The number of aromatic nitrogens is 2. The summed E-state index contributed by atoms with van der Waals surface area (Å²) in [4.78, 5) is 16.0. The average molecular weight is 335 g/mol. The summed E-state index contributed by atoms with van der Waals surface area (Å²) in [5, 5.41) is 2.87. The lowest BCUT2D eigenvalue weighted by atomic mass is 10.1. The first-order valence-electron chi connectivity index (χ1n) is 8.15. The molecule has 5 heteroatoms. The summed E-state index contributed by atoms with van der Waals surface area (Å²) in [7, 11) is 0. The number of nitrogens with one attached hydrogen (secondary N) is 1. The zero-order chi connectivity index (χ0) is 17.6. The van der Waals surface area contributed by atoms with E-state index < -0.39 is 0 Å². The van der Waals surface area contributed by atoms with Gasteiger partial charge in [0.25, 0.3) is 5.91 Å². The van der Waals surface area contributed by atoms with E-state index in [0.29, 0.717) is 6.54 Å². The minimum absolute atomic E-state index is 0.00993. The van der Waals surface area contributed by atoms with Crippen LogP contribution in [0.15, 0.2) is 61.2 Å². The van der Waals surface area contributed by atoms with Gasteiger partial charge in [-0.1, -0.05) is 18.2 Å². The van der Waals surface area contributed by atoms with E-state index in [-0.39, 0.29) is 12.5 Å². The Morgan fingerprint density at radius 2 is 1.84 bits per heavy atom. The van der Waals surface area contributed by atoms with Crippen LogP contribution >= 0.6 is 0 Å². The van der Waals surface area contributed by atoms with E-state index in [1.54, 1.807) is 12.5 Å². The lowest BCUT2D eigenvalue weighted by Crippen LogP contribution is -2.28. The van der Waals surface area contributed by atoms with Crippen molar-refractivity contribution in [3.8, 4) is 11.4 Å². The number of carbonyl (C=O) groups excluding carboxylic acids is 1. The second-order valence-electron chi connectivity index (χ2n) is 6.03. The largest absolute Gasteiger partial charge is 0.484 e. The van der Waals surface area contributed by atoms with Crippen LogP contribution in [0.3, 0.4) is 0 Å². The van der Waals surface area contributed by atoms with Crippen molar-refractivity contribution < 1.29 is 9.53 Å². The number of aryl methyl sites for hydroxylation is 2. The monoisotopic (exact) mass is 335 g/mol. The van der Waals surface area contributed by atoms with Crippen molar-refractivity contribution in [2.75, 3.05) is 6.61 Å². The number of rotatable bonds is 6. The molecule has 0 spiro atoms. The molecule has 1 aromatic heterocycles. The van der Waals surface area contributed by atoms with Crippen molar-refractivity contribution in [2.24, 2.45) is 0 Å². The summed E-state index contributed by atoms with van der Waals surface area (Å²) < 4.78 is 7.49. The second kappa shape index (κ2) is 7.66. The molecular weight excluding hydrogens is 314 g/mol. The van der Waals surface area contributed by atoms with Gasteiger partial charge in [-0.2, -0.15) is 0 Å². The molecule has 0 bridgehead atoms. The van der Waals surface area contributed by atoms with Gasteiger partial charge in [-0.05, 0) is 54.8 Å². The quantitative estimate of drug-likeness (QED) is 0.753. The predicted molar refractivity (Wildman–Crippen MR) is 96.8 cm³/mol. The summed E-state index contributed by atoms with van der Waals surface area (Å²) in [6.07, 6.45) is 5.38. The van der Waals surface area contributed by atoms with Gasteiger partial charge in [-0.3, -0.25) is 4.79 Å². The number of hydrogen-bond donors (Lipinski definition) is 1. The van der Waals surface area contributed by atoms with Gasteiger partial charge in [0.05, 0.1) is 6.33 Å². The van der Waals surface area contributed by atoms with Crippen LogP contribution in [-0.2, 0) is 11.3 Å². The molecule has 0 radical (unpaired) electrons. The fraction of sp³-hybridized carbons (Fsp3) is 0.200. The van der Waals surface area contributed by atoms with E-state index in [1.165, 1.54) is 0 Å². The fourth-order valence-corrected chi connectivity index (χ4v) is 2.61. The highest BCUT2D eigenvalue weighted by molar-refractivity contribution is 5.77. The third-order valence-electron chi connectivity index (χ3n) is 3.79. The summed E-state index contributed by atoms with van der Waals surface area (Å²) in [5.41, 5.74) is 4.30. The molecule has 3 aromatic rings. The number of imidazole rings is 1. The zero-order valence-corrected chi connectivity index (χ0v) is 14.4. The molecule has 3 rings (SSSR count). The highest BCUT2D eigenvalue weighted by atomic mass is 16.5. The Morgan fingerprint density at radius 3 is 2.48 bits per heavy atom. The van der Waals surface area contributed by atoms with Crippen LogP contribution in [-0.4, -0.2) is 22.1 Å². The van der Waals surface area contributed by atoms with Gasteiger partial charge in [-0.25, -0.2) is 4.98 Å². The molecule has 0 unspecified atom stereocenters. The topological polar surface area (TPSA) is 56.1 Å². The molecule has 25 heavy (non-hydrogen) atoms. The smallest absolute Gasteiger partial charge is 0.258 e. The van der Waals surface area contributed by atoms with E-state index >= 15 is 0 Å². The Hall–Kier alpha value is -3.08. The minimum Gasteiger partial charge on any atom is -0.484 e. The lowest BCUT2D eigenvalue weighted by Gasteiger charge is -2.09. The second-order valence-corrected chi connectivity index (χ2v) is 6.03. The Balaban J connectivity index is 1.48. The Morgan fingerprint density at radius 1 is 1.12 bits per heavy atom. The van der Waals surface area contributed by atoms with Crippen LogP contribution in [0.5, 0.6) is 5.75 Å². The molecular formula is C20H21N3O2. The van der Waals surface area contributed by atoms with Crippen LogP contribution in [0, 0.1) is 13.8 Å². The number of nitrogens with zero attached hydrogens (tertiary/aromatic N) is 2. The van der Waals surface area contributed by atoms with E-state index in [1.807, 2.05) is 61.0 Å². The van der Waals surface area contributed by atoms with Crippen LogP contribution < -0.4 is 10.1 Å². The van der Waals surface area contributed by atoms with Crippen LogP contribution in [0.1, 0.15) is 16.7 Å². The van der Waals surface area contributed by atoms with Gasteiger partial charge in [0.1, 0.15) is 5.75 Å². The van der Waals surface area contributed by atoms with Gasteiger partial charge in [0, 0.05) is 24.6 Å². The average Bonchev–Trinajstić information content (AvgIpc) is 3.12. The Kier molecular flexibility index (Phi) is 5.14. The standard InChI is InChI=1S/C20H21N3O2/c1-15-9-16(2)11-19(10-15)25-13-20(24)22-12-17-3-5-18(6-4-17)23-8-7-21-14-23/h3-11,14H,12-13H2,1-2H3,(H,22,24). The van der Waals surface area contributed by atoms with Crippen molar-refractivity contribution in [2.45, 2.75) is 20.4 Å². The first-order chi connectivity index (χ1) is 12.1. The van der Waals surface area contributed by atoms with E-state index in [9.17, 15) is 4.79 Å². The summed E-state index contributed by atoms with van der Waals surface area (Å²) >= 11 is 0. The molecule has 0 atom stereocenters. The fourth-order valence-electron chi connectivity index (χ4n) is 2.61. The number of carbonyl (C=O) groups is 1. The maximum atomic E-state index is 12.0. The Bertz CT molecular complexity index is 820. The maximum Gasteiger partial charge on any atom is 0.258 e. The molecule has 1 heterocycles. The molecule has 0 fully saturated rings. The Labute approximate surface area is 147 Å². The SMILES string of the molecule is Cc1cc(C)cc(OCC(=O)NCc2ccc(-n3ccnc3)cc2)c1. The third kappa shape index (κ3) is 4.70. The molecule has 1 amide bonds. The van der Waals surface area contributed by atoms with Gasteiger partial charge < -0.3 is 14.6 Å². The van der Waals surface area contributed by atoms with Gasteiger partial charge in [-0.15, -0.1) is 0 Å². The highest BCUT2D eigenvalue weighted by Gasteiger charge is 2.04. The molecule has 0 saturated carbocycles. The van der Waals surface area contributed by atoms with E-state index in [2.05, 4.69) is 16.4 Å².